The minimum atomic E-state index is -0.596. The van der Waals surface area contributed by atoms with Gasteiger partial charge in [0.05, 0.1) is 5.02 Å². The van der Waals surface area contributed by atoms with Gasteiger partial charge in [0.2, 0.25) is 0 Å². The third-order valence-electron chi connectivity index (χ3n) is 2.07. The molecule has 1 rings (SSSR count). The molecular weight excluding hydrogens is 231 g/mol. The Morgan fingerprint density at radius 3 is 2.88 bits per heavy atom. The summed E-state index contributed by atoms with van der Waals surface area (Å²) in [5.41, 5.74) is 5.79. The van der Waals surface area contributed by atoms with Crippen molar-refractivity contribution in [1.82, 2.24) is 5.32 Å². The highest BCUT2D eigenvalue weighted by Gasteiger charge is 2.08. The maximum absolute atomic E-state index is 13.1. The number of benzene rings is 1. The Kier molecular flexibility index (Phi) is 4.71. The van der Waals surface area contributed by atoms with E-state index >= 15 is 0 Å². The molecule has 0 heterocycles. The first-order chi connectivity index (χ1) is 7.50. The topological polar surface area (TPSA) is 55.1 Å². The molecule has 0 fully saturated rings. The van der Waals surface area contributed by atoms with Gasteiger partial charge in [-0.05, 0) is 31.5 Å². The molecule has 3 N–H and O–H groups in total. The van der Waals surface area contributed by atoms with Gasteiger partial charge in [0.15, 0.2) is 0 Å². The van der Waals surface area contributed by atoms with Crippen LogP contribution in [0.15, 0.2) is 18.2 Å². The third kappa shape index (κ3) is 3.79. The van der Waals surface area contributed by atoms with Gasteiger partial charge in [-0.2, -0.15) is 0 Å². The summed E-state index contributed by atoms with van der Waals surface area (Å²) >= 11 is 5.51. The number of amides is 1. The first-order valence-corrected chi connectivity index (χ1v) is 5.37. The van der Waals surface area contributed by atoms with Gasteiger partial charge in [-0.15, -0.1) is 0 Å². The standard InChI is InChI=1S/C11H14ClFN2O/c1-7(14)4-5-15-11(16)8-2-3-9(12)10(13)6-8/h2-3,6-7H,4-5,14H2,1H3,(H,15,16). The zero-order valence-corrected chi connectivity index (χ0v) is 9.72. The highest BCUT2D eigenvalue weighted by Crippen LogP contribution is 2.15. The lowest BCUT2D eigenvalue weighted by Gasteiger charge is -2.07. The molecule has 1 aromatic carbocycles. The molecule has 0 bridgehead atoms. The van der Waals surface area contributed by atoms with Crippen LogP contribution in [0.1, 0.15) is 23.7 Å². The Bertz CT molecular complexity index is 382. The van der Waals surface area contributed by atoms with E-state index in [0.717, 1.165) is 6.07 Å². The Morgan fingerprint density at radius 1 is 1.62 bits per heavy atom. The molecule has 3 nitrogen and oxygen atoms in total. The summed E-state index contributed by atoms with van der Waals surface area (Å²) in [6.45, 7) is 2.33. The molecule has 1 aromatic rings. The van der Waals surface area contributed by atoms with E-state index in [1.807, 2.05) is 6.92 Å². The second-order valence-electron chi connectivity index (χ2n) is 3.65. The molecule has 88 valence electrons. The quantitative estimate of drug-likeness (QED) is 0.851. The van der Waals surface area contributed by atoms with Gasteiger partial charge in [-0.25, -0.2) is 4.39 Å². The maximum Gasteiger partial charge on any atom is 0.251 e. The van der Waals surface area contributed by atoms with Crippen LogP contribution in [0.5, 0.6) is 0 Å². The second kappa shape index (κ2) is 5.82. The maximum atomic E-state index is 13.1. The summed E-state index contributed by atoms with van der Waals surface area (Å²) in [4.78, 5) is 11.5. The van der Waals surface area contributed by atoms with Gasteiger partial charge in [0.25, 0.3) is 5.91 Å². The average Bonchev–Trinajstić information content (AvgIpc) is 2.21. The van der Waals surface area contributed by atoms with Crippen molar-refractivity contribution >= 4 is 17.5 Å². The molecule has 0 spiro atoms. The first-order valence-electron chi connectivity index (χ1n) is 4.99. The van der Waals surface area contributed by atoms with Crippen molar-refractivity contribution in [2.24, 2.45) is 5.73 Å². The van der Waals surface area contributed by atoms with Crippen molar-refractivity contribution in [3.63, 3.8) is 0 Å². The zero-order valence-electron chi connectivity index (χ0n) is 8.97. The second-order valence-corrected chi connectivity index (χ2v) is 4.06. The van der Waals surface area contributed by atoms with Crippen LogP contribution >= 0.6 is 11.6 Å². The predicted octanol–water partition coefficient (Wildman–Crippen LogP) is 1.95. The van der Waals surface area contributed by atoms with Gasteiger partial charge >= 0.3 is 0 Å². The Labute approximate surface area is 98.8 Å². The van der Waals surface area contributed by atoms with E-state index in [1.54, 1.807) is 0 Å². The van der Waals surface area contributed by atoms with Crippen molar-refractivity contribution in [3.05, 3.63) is 34.6 Å². The number of carbonyl (C=O) groups is 1. The third-order valence-corrected chi connectivity index (χ3v) is 2.37. The molecule has 5 heteroatoms. The van der Waals surface area contributed by atoms with E-state index < -0.39 is 5.82 Å². The summed E-state index contributed by atoms with van der Waals surface area (Å²) in [5, 5.41) is 2.65. The molecule has 0 saturated heterocycles. The van der Waals surface area contributed by atoms with E-state index in [0.29, 0.717) is 13.0 Å². The van der Waals surface area contributed by atoms with Crippen LogP contribution in [0.2, 0.25) is 5.02 Å². The van der Waals surface area contributed by atoms with Crippen LogP contribution in [-0.4, -0.2) is 18.5 Å². The van der Waals surface area contributed by atoms with Crippen LogP contribution in [0.25, 0.3) is 0 Å². The van der Waals surface area contributed by atoms with Crippen molar-refractivity contribution in [2.45, 2.75) is 19.4 Å². The van der Waals surface area contributed by atoms with Gasteiger partial charge in [0.1, 0.15) is 5.82 Å². The number of nitrogens with one attached hydrogen (secondary N) is 1. The lowest BCUT2D eigenvalue weighted by molar-refractivity contribution is 0.0952. The van der Waals surface area contributed by atoms with E-state index in [4.69, 9.17) is 17.3 Å². The van der Waals surface area contributed by atoms with E-state index in [-0.39, 0.29) is 22.5 Å². The van der Waals surface area contributed by atoms with Gasteiger partial charge in [0, 0.05) is 18.2 Å². The summed E-state index contributed by atoms with van der Waals surface area (Å²) in [6.07, 6.45) is 0.682. The van der Waals surface area contributed by atoms with E-state index in [2.05, 4.69) is 5.32 Å². The van der Waals surface area contributed by atoms with Gasteiger partial charge < -0.3 is 11.1 Å². The fourth-order valence-corrected chi connectivity index (χ4v) is 1.27. The van der Waals surface area contributed by atoms with Crippen LogP contribution in [0.3, 0.4) is 0 Å². The minimum absolute atomic E-state index is 0.00660. The van der Waals surface area contributed by atoms with Gasteiger partial charge in [-0.3, -0.25) is 4.79 Å². The fraction of sp³-hybridized carbons (Fsp3) is 0.364. The zero-order chi connectivity index (χ0) is 12.1. The lowest BCUT2D eigenvalue weighted by atomic mass is 10.2. The molecule has 0 aliphatic carbocycles. The summed E-state index contributed by atoms with van der Waals surface area (Å²) in [7, 11) is 0. The van der Waals surface area contributed by atoms with Crippen LogP contribution in [0.4, 0.5) is 4.39 Å². The number of rotatable bonds is 4. The SMILES string of the molecule is CC(N)CCNC(=O)c1ccc(Cl)c(F)c1. The molecule has 1 amide bonds. The summed E-state index contributed by atoms with van der Waals surface area (Å²) in [5.74, 6) is -0.919. The number of carbonyl (C=O) groups excluding carboxylic acids is 1. The molecule has 0 aromatic heterocycles. The van der Waals surface area contributed by atoms with Crippen molar-refractivity contribution < 1.29 is 9.18 Å². The molecule has 0 aliphatic heterocycles. The van der Waals surface area contributed by atoms with Gasteiger partial charge in [-0.1, -0.05) is 11.6 Å². The smallest absolute Gasteiger partial charge is 0.251 e. The normalized spacial score (nSPS) is 12.2. The largest absolute Gasteiger partial charge is 0.352 e. The summed E-state index contributed by atoms with van der Waals surface area (Å²) < 4.78 is 13.1. The number of hydrogen-bond acceptors (Lipinski definition) is 2. The number of nitrogens with two attached hydrogens (primary N) is 1. The average molecular weight is 245 g/mol. The predicted molar refractivity (Wildman–Crippen MR) is 62.0 cm³/mol. The highest BCUT2D eigenvalue weighted by molar-refractivity contribution is 6.30. The van der Waals surface area contributed by atoms with Crippen molar-refractivity contribution in [3.8, 4) is 0 Å². The van der Waals surface area contributed by atoms with E-state index in [9.17, 15) is 9.18 Å². The van der Waals surface area contributed by atoms with Crippen LogP contribution in [-0.2, 0) is 0 Å². The van der Waals surface area contributed by atoms with Crippen LogP contribution < -0.4 is 11.1 Å². The fourth-order valence-electron chi connectivity index (χ4n) is 1.15. The van der Waals surface area contributed by atoms with Crippen LogP contribution in [0, 0.1) is 5.82 Å². The Morgan fingerprint density at radius 2 is 2.31 bits per heavy atom. The van der Waals surface area contributed by atoms with E-state index in [1.165, 1.54) is 12.1 Å². The Balaban J connectivity index is 2.56. The molecule has 1 unspecified atom stereocenters. The molecule has 0 radical (unpaired) electrons. The van der Waals surface area contributed by atoms with Crippen molar-refractivity contribution in [2.75, 3.05) is 6.54 Å². The Hall–Kier alpha value is -1.13. The first kappa shape index (κ1) is 12.9. The molecule has 0 saturated carbocycles. The minimum Gasteiger partial charge on any atom is -0.352 e. The highest BCUT2D eigenvalue weighted by atomic mass is 35.5. The lowest BCUT2D eigenvalue weighted by Crippen LogP contribution is -2.28. The molecule has 16 heavy (non-hydrogen) atoms. The number of hydrogen-bond donors (Lipinski definition) is 2. The molecule has 1 atom stereocenters. The number of halogens is 2. The molecule has 0 aliphatic rings. The molecular formula is C11H14ClFN2O. The van der Waals surface area contributed by atoms with Crippen molar-refractivity contribution in [1.29, 1.82) is 0 Å². The summed E-state index contributed by atoms with van der Waals surface area (Å²) in [6, 6.07) is 3.98. The monoisotopic (exact) mass is 244 g/mol.